The van der Waals surface area contributed by atoms with Crippen LogP contribution in [0.1, 0.15) is 35.7 Å². The van der Waals surface area contributed by atoms with Crippen LogP contribution in [0.25, 0.3) is 0 Å². The van der Waals surface area contributed by atoms with E-state index in [1.165, 1.54) is 36.6 Å². The first kappa shape index (κ1) is 16.7. The van der Waals surface area contributed by atoms with Gasteiger partial charge in [-0.25, -0.2) is 4.39 Å². The summed E-state index contributed by atoms with van der Waals surface area (Å²) in [7, 11) is 0. The summed E-state index contributed by atoms with van der Waals surface area (Å²) in [5.74, 6) is 0.128. The number of likely N-dealkylation sites (tertiary alicyclic amines) is 1. The molecular weight excluding hydrogens is 303 g/mol. The molecule has 1 N–H and O–H groups in total. The quantitative estimate of drug-likeness (QED) is 0.908. The van der Waals surface area contributed by atoms with Crippen molar-refractivity contribution in [2.24, 2.45) is 5.92 Å². The van der Waals surface area contributed by atoms with E-state index in [2.05, 4.69) is 17.1 Å². The van der Waals surface area contributed by atoms with Crippen LogP contribution in [0.3, 0.4) is 0 Å². The minimum atomic E-state index is -0.408. The maximum Gasteiger partial charge on any atom is 0.255 e. The first-order chi connectivity index (χ1) is 11.6. The van der Waals surface area contributed by atoms with E-state index in [4.69, 9.17) is 0 Å². The molecule has 1 fully saturated rings. The molecule has 1 amide bonds. The van der Waals surface area contributed by atoms with E-state index >= 15 is 0 Å². The summed E-state index contributed by atoms with van der Waals surface area (Å²) in [6, 6.07) is 13.6. The fourth-order valence-electron chi connectivity index (χ4n) is 3.00. The van der Waals surface area contributed by atoms with Crippen LogP contribution in [0.2, 0.25) is 0 Å². The number of piperidine rings is 1. The fraction of sp³-hybridized carbons (Fsp3) is 0.350. The zero-order valence-corrected chi connectivity index (χ0v) is 14.0. The molecule has 1 aliphatic heterocycles. The average Bonchev–Trinajstić information content (AvgIpc) is 2.59. The first-order valence-electron chi connectivity index (χ1n) is 8.48. The zero-order chi connectivity index (χ0) is 16.9. The lowest BCUT2D eigenvalue weighted by atomic mass is 9.99. The lowest BCUT2D eigenvalue weighted by Crippen LogP contribution is -2.32. The number of hydrogen-bond donors (Lipinski definition) is 1. The number of nitrogens with one attached hydrogen (secondary N) is 1. The van der Waals surface area contributed by atoms with Gasteiger partial charge < -0.3 is 5.32 Å². The minimum absolute atomic E-state index is 0.299. The maximum absolute atomic E-state index is 13.2. The Bertz CT molecular complexity index is 691. The Hall–Kier alpha value is -2.20. The van der Waals surface area contributed by atoms with Crippen LogP contribution in [-0.4, -0.2) is 23.9 Å². The number of carbonyl (C=O) groups is 1. The Morgan fingerprint density at radius 2 is 1.88 bits per heavy atom. The monoisotopic (exact) mass is 326 g/mol. The molecule has 1 saturated heterocycles. The third kappa shape index (κ3) is 4.42. The van der Waals surface area contributed by atoms with Gasteiger partial charge >= 0.3 is 0 Å². The fourth-order valence-corrected chi connectivity index (χ4v) is 3.00. The number of amides is 1. The van der Waals surface area contributed by atoms with Crippen molar-refractivity contribution >= 4 is 11.6 Å². The normalized spacial score (nSPS) is 16.1. The first-order valence-corrected chi connectivity index (χ1v) is 8.48. The Morgan fingerprint density at radius 3 is 2.54 bits per heavy atom. The molecule has 4 heteroatoms. The molecule has 0 bridgehead atoms. The van der Waals surface area contributed by atoms with Crippen LogP contribution in [0, 0.1) is 11.7 Å². The summed E-state index contributed by atoms with van der Waals surface area (Å²) in [5.41, 5.74) is 2.29. The van der Waals surface area contributed by atoms with Gasteiger partial charge in [0.15, 0.2) is 0 Å². The van der Waals surface area contributed by atoms with E-state index in [-0.39, 0.29) is 5.91 Å². The molecule has 0 atom stereocenters. The molecule has 3 rings (SSSR count). The lowest BCUT2D eigenvalue weighted by Gasteiger charge is -2.30. The molecule has 0 aliphatic carbocycles. The average molecular weight is 326 g/mol. The van der Waals surface area contributed by atoms with Gasteiger partial charge in [0.05, 0.1) is 0 Å². The van der Waals surface area contributed by atoms with Crippen LogP contribution in [0.4, 0.5) is 10.1 Å². The lowest BCUT2D eigenvalue weighted by molar-refractivity contribution is 0.102. The van der Waals surface area contributed by atoms with E-state index in [0.29, 0.717) is 5.56 Å². The standard InChI is InChI=1S/C20H23FN2O/c1-15-9-11-23(12-10-15)14-16-5-7-19(8-6-16)22-20(24)17-3-2-4-18(21)13-17/h2-8,13,15H,9-12,14H2,1H3,(H,22,24). The molecule has 1 aliphatic rings. The second-order valence-electron chi connectivity index (χ2n) is 6.62. The number of benzene rings is 2. The molecule has 3 nitrogen and oxygen atoms in total. The van der Waals surface area contributed by atoms with Gasteiger partial charge in [0.25, 0.3) is 5.91 Å². The van der Waals surface area contributed by atoms with Crippen LogP contribution < -0.4 is 5.32 Å². The maximum atomic E-state index is 13.2. The highest BCUT2D eigenvalue weighted by molar-refractivity contribution is 6.04. The molecule has 0 aromatic heterocycles. The molecule has 0 unspecified atom stereocenters. The van der Waals surface area contributed by atoms with Gasteiger partial charge in [-0.3, -0.25) is 9.69 Å². The predicted octanol–water partition coefficient (Wildman–Crippen LogP) is 4.31. The number of rotatable bonds is 4. The van der Waals surface area contributed by atoms with Crippen molar-refractivity contribution in [1.29, 1.82) is 0 Å². The van der Waals surface area contributed by atoms with Gasteiger partial charge in [-0.15, -0.1) is 0 Å². The van der Waals surface area contributed by atoms with Crippen LogP contribution in [0.5, 0.6) is 0 Å². The number of hydrogen-bond acceptors (Lipinski definition) is 2. The van der Waals surface area contributed by atoms with E-state index in [1.807, 2.05) is 24.3 Å². The van der Waals surface area contributed by atoms with E-state index < -0.39 is 5.82 Å². The summed E-state index contributed by atoms with van der Waals surface area (Å²) >= 11 is 0. The molecule has 1 heterocycles. The summed E-state index contributed by atoms with van der Waals surface area (Å²) in [6.07, 6.45) is 2.53. The molecule has 126 valence electrons. The molecular formula is C20H23FN2O. The molecule has 2 aromatic rings. The van der Waals surface area contributed by atoms with Crippen LogP contribution in [-0.2, 0) is 6.54 Å². The Labute approximate surface area is 142 Å². The number of halogens is 1. The second kappa shape index (κ2) is 7.58. The van der Waals surface area contributed by atoms with E-state index in [1.54, 1.807) is 6.07 Å². The third-order valence-corrected chi connectivity index (χ3v) is 4.58. The van der Waals surface area contributed by atoms with Crippen molar-refractivity contribution in [1.82, 2.24) is 4.90 Å². The van der Waals surface area contributed by atoms with Crippen molar-refractivity contribution < 1.29 is 9.18 Å². The number of carbonyl (C=O) groups excluding carboxylic acids is 1. The third-order valence-electron chi connectivity index (χ3n) is 4.58. The van der Waals surface area contributed by atoms with Crippen molar-refractivity contribution in [3.63, 3.8) is 0 Å². The van der Waals surface area contributed by atoms with Crippen molar-refractivity contribution in [2.45, 2.75) is 26.3 Å². The summed E-state index contributed by atoms with van der Waals surface area (Å²) in [4.78, 5) is 14.6. The summed E-state index contributed by atoms with van der Waals surface area (Å²) in [5, 5.41) is 2.80. The van der Waals surface area contributed by atoms with Gasteiger partial charge in [-0.05, 0) is 67.7 Å². The molecule has 0 spiro atoms. The van der Waals surface area contributed by atoms with Gasteiger partial charge in [0.2, 0.25) is 0 Å². The smallest absolute Gasteiger partial charge is 0.255 e. The number of anilines is 1. The van der Waals surface area contributed by atoms with Gasteiger partial charge in [-0.1, -0.05) is 25.1 Å². The Morgan fingerprint density at radius 1 is 1.17 bits per heavy atom. The van der Waals surface area contributed by atoms with Gasteiger partial charge in [0.1, 0.15) is 5.82 Å². The van der Waals surface area contributed by atoms with Gasteiger partial charge in [-0.2, -0.15) is 0 Å². The molecule has 2 aromatic carbocycles. The second-order valence-corrected chi connectivity index (χ2v) is 6.62. The zero-order valence-electron chi connectivity index (χ0n) is 14.0. The molecule has 0 saturated carbocycles. The molecule has 0 radical (unpaired) electrons. The highest BCUT2D eigenvalue weighted by Crippen LogP contribution is 2.19. The highest BCUT2D eigenvalue weighted by atomic mass is 19.1. The SMILES string of the molecule is CC1CCN(Cc2ccc(NC(=O)c3cccc(F)c3)cc2)CC1. The van der Waals surface area contributed by atoms with E-state index in [0.717, 1.165) is 31.2 Å². The van der Waals surface area contributed by atoms with Crippen molar-refractivity contribution in [3.8, 4) is 0 Å². The number of nitrogens with zero attached hydrogens (tertiary/aromatic N) is 1. The Balaban J connectivity index is 1.57. The summed E-state index contributed by atoms with van der Waals surface area (Å²) in [6.45, 7) is 5.57. The largest absolute Gasteiger partial charge is 0.322 e. The minimum Gasteiger partial charge on any atom is -0.322 e. The van der Waals surface area contributed by atoms with Crippen molar-refractivity contribution in [2.75, 3.05) is 18.4 Å². The van der Waals surface area contributed by atoms with Crippen LogP contribution in [0.15, 0.2) is 48.5 Å². The van der Waals surface area contributed by atoms with E-state index in [9.17, 15) is 9.18 Å². The molecule has 24 heavy (non-hydrogen) atoms. The topological polar surface area (TPSA) is 32.3 Å². The van der Waals surface area contributed by atoms with Gasteiger partial charge in [0, 0.05) is 17.8 Å². The predicted molar refractivity (Wildman–Crippen MR) is 94.5 cm³/mol. The summed E-state index contributed by atoms with van der Waals surface area (Å²) < 4.78 is 13.2. The van der Waals surface area contributed by atoms with Crippen molar-refractivity contribution in [3.05, 3.63) is 65.5 Å². The Kier molecular flexibility index (Phi) is 5.26. The van der Waals surface area contributed by atoms with Crippen LogP contribution >= 0.6 is 0 Å². The highest BCUT2D eigenvalue weighted by Gasteiger charge is 2.15.